The zero-order valence-corrected chi connectivity index (χ0v) is 31.6. The number of hydrogen-bond acceptors (Lipinski definition) is 5. The number of nitrogens with one attached hydrogen (secondary N) is 2. The molecule has 0 aliphatic rings. The van der Waals surface area contributed by atoms with Crippen LogP contribution in [0.4, 0.5) is 28.4 Å². The average molecular weight is 858 g/mol. The van der Waals surface area contributed by atoms with Crippen molar-refractivity contribution in [3.63, 3.8) is 0 Å². The minimum absolute atomic E-state index is 0. The zero-order valence-electron chi connectivity index (χ0n) is 26.9. The first-order chi connectivity index (χ1) is 21.7. The number of carboxylic acid groups (broad SMARTS) is 2. The third kappa shape index (κ3) is 23.1. The maximum Gasteiger partial charge on any atom is 0.300 e. The minimum atomic E-state index is -0.833. The molecule has 0 heterocycles. The van der Waals surface area contributed by atoms with Crippen LogP contribution >= 0.6 is 31.9 Å². The fourth-order valence-corrected chi connectivity index (χ4v) is 3.77. The van der Waals surface area contributed by atoms with Gasteiger partial charge in [0.15, 0.2) is 0 Å². The van der Waals surface area contributed by atoms with Crippen LogP contribution in [0.5, 0.6) is 0 Å². The second-order valence-corrected chi connectivity index (χ2v) is 11.8. The van der Waals surface area contributed by atoms with Gasteiger partial charge < -0.3 is 26.6 Å². The first-order valence-corrected chi connectivity index (χ1v) is 15.7. The summed E-state index contributed by atoms with van der Waals surface area (Å²) in [5, 5.41) is 21.6. The van der Waals surface area contributed by atoms with Gasteiger partial charge in [-0.2, -0.15) is 0 Å². The van der Waals surface area contributed by atoms with Gasteiger partial charge in [-0.1, -0.05) is 84.9 Å². The van der Waals surface area contributed by atoms with Gasteiger partial charge in [0.1, 0.15) is 0 Å². The van der Waals surface area contributed by atoms with E-state index in [1.54, 1.807) is 0 Å². The number of aryl methyl sites for hydroxylation is 3. The largest absolute Gasteiger partial charge is 0.481 e. The normalized spacial score (nSPS) is 9.00. The Morgan fingerprint density at radius 3 is 0.894 bits per heavy atom. The van der Waals surface area contributed by atoms with Gasteiger partial charge in [0, 0.05) is 71.7 Å². The van der Waals surface area contributed by atoms with Gasteiger partial charge in [-0.3, -0.25) is 9.59 Å². The predicted molar refractivity (Wildman–Crippen MR) is 199 cm³/mol. The van der Waals surface area contributed by atoms with Crippen molar-refractivity contribution >= 4 is 72.2 Å². The van der Waals surface area contributed by atoms with Gasteiger partial charge in [0.25, 0.3) is 11.9 Å². The topological polar surface area (TPSA) is 125 Å². The van der Waals surface area contributed by atoms with Crippen LogP contribution in [0, 0.1) is 20.8 Å². The van der Waals surface area contributed by atoms with Crippen LogP contribution < -0.4 is 16.4 Å². The Kier molecular flexibility index (Phi) is 22.2. The summed E-state index contributed by atoms with van der Waals surface area (Å²) in [7, 11) is 0. The Balaban J connectivity index is 0.000000695. The number of hydrogen-bond donors (Lipinski definition) is 5. The number of carbonyl (C=O) groups is 2. The van der Waals surface area contributed by atoms with Crippen LogP contribution in [0.3, 0.4) is 0 Å². The molecule has 0 fully saturated rings. The number of nitrogen functional groups attached to an aromatic ring is 1. The van der Waals surface area contributed by atoms with Crippen LogP contribution in [0.15, 0.2) is 130 Å². The van der Waals surface area contributed by atoms with E-state index in [0.29, 0.717) is 0 Å². The van der Waals surface area contributed by atoms with E-state index in [4.69, 9.17) is 25.5 Å². The van der Waals surface area contributed by atoms with E-state index in [9.17, 15) is 0 Å². The Morgan fingerprint density at radius 2 is 0.681 bits per heavy atom. The SMILES string of the molecule is Brc1ccc(Br)cc1.CC(=O)O.CC(=O)O.Cc1ccc(N)cc1.Cc1ccc(Nc2ccc(Nc3ccc(C)cc3)cc2)cc1.[Pd]. The molecular formula is C37H41Br2N3O4Pd. The van der Waals surface area contributed by atoms with Crippen molar-refractivity contribution in [1.82, 2.24) is 0 Å². The summed E-state index contributed by atoms with van der Waals surface area (Å²) in [6.45, 7) is 8.39. The molecule has 5 aromatic carbocycles. The fourth-order valence-electron chi connectivity index (χ4n) is 3.24. The van der Waals surface area contributed by atoms with Crippen LogP contribution in [0.1, 0.15) is 30.5 Å². The molecule has 252 valence electrons. The maximum atomic E-state index is 9.00. The molecule has 0 unspecified atom stereocenters. The molecule has 0 saturated carbocycles. The van der Waals surface area contributed by atoms with E-state index in [-0.39, 0.29) is 20.4 Å². The van der Waals surface area contributed by atoms with Crippen molar-refractivity contribution < 1.29 is 40.2 Å². The van der Waals surface area contributed by atoms with Crippen molar-refractivity contribution in [3.8, 4) is 0 Å². The molecule has 5 aromatic rings. The van der Waals surface area contributed by atoms with E-state index < -0.39 is 11.9 Å². The molecule has 0 saturated heterocycles. The molecule has 5 rings (SSSR count). The van der Waals surface area contributed by atoms with E-state index in [2.05, 4.69) is 129 Å². The van der Waals surface area contributed by atoms with Crippen molar-refractivity contribution in [1.29, 1.82) is 0 Å². The Hall–Kier alpha value is -3.94. The van der Waals surface area contributed by atoms with Crippen LogP contribution in [-0.4, -0.2) is 22.2 Å². The van der Waals surface area contributed by atoms with Crippen molar-refractivity contribution in [2.24, 2.45) is 0 Å². The van der Waals surface area contributed by atoms with Crippen LogP contribution in [0.2, 0.25) is 0 Å². The number of anilines is 5. The molecule has 0 spiro atoms. The van der Waals surface area contributed by atoms with Crippen LogP contribution in [0.25, 0.3) is 0 Å². The maximum absolute atomic E-state index is 9.00. The molecule has 0 aromatic heterocycles. The summed E-state index contributed by atoms with van der Waals surface area (Å²) < 4.78 is 2.22. The molecule has 0 aliphatic carbocycles. The minimum Gasteiger partial charge on any atom is -0.481 e. The standard InChI is InChI=1S/C20H20N2.C7H9N.C6H4Br2.2C2H4O2.Pd/c1-15-3-7-17(8-4-15)21-19-11-13-20(14-12-19)22-18-9-5-16(2)6-10-18;1-6-2-4-7(8)5-3-6;7-5-1-2-6(8)4-3-5;2*1-2(3)4;/h3-14,21-22H,1-2H3;2-5H,8H2,1H3;1-4H;2*1H3,(H,3,4);. The Bertz CT molecular complexity index is 1410. The molecule has 0 radical (unpaired) electrons. The van der Waals surface area contributed by atoms with E-state index in [1.165, 1.54) is 16.7 Å². The fraction of sp³-hybridized carbons (Fsp3) is 0.135. The van der Waals surface area contributed by atoms with Gasteiger partial charge in [-0.25, -0.2) is 0 Å². The number of benzene rings is 5. The summed E-state index contributed by atoms with van der Waals surface area (Å²) >= 11 is 6.65. The average Bonchev–Trinajstić information content (AvgIpc) is 3.00. The number of rotatable bonds is 4. The van der Waals surface area contributed by atoms with Gasteiger partial charge in [-0.15, -0.1) is 0 Å². The predicted octanol–water partition coefficient (Wildman–Crippen LogP) is 10.8. The summed E-state index contributed by atoms with van der Waals surface area (Å²) in [5.41, 5.74) is 14.4. The monoisotopic (exact) mass is 855 g/mol. The Labute approximate surface area is 308 Å². The molecule has 0 aliphatic heterocycles. The van der Waals surface area contributed by atoms with Gasteiger partial charge in [-0.05, 0) is 106 Å². The number of nitrogens with two attached hydrogens (primary N) is 1. The first-order valence-electron chi connectivity index (χ1n) is 14.1. The summed E-state index contributed by atoms with van der Waals surface area (Å²) in [6, 6.07) is 40.9. The van der Waals surface area contributed by atoms with Crippen molar-refractivity contribution in [3.05, 3.63) is 147 Å². The third-order valence-corrected chi connectivity index (χ3v) is 6.50. The second kappa shape index (κ2) is 24.3. The molecule has 0 atom stereocenters. The summed E-state index contributed by atoms with van der Waals surface area (Å²) in [4.78, 5) is 18.0. The second-order valence-electron chi connectivity index (χ2n) is 9.94. The number of aliphatic carboxylic acids is 2. The van der Waals surface area contributed by atoms with Gasteiger partial charge in [0.05, 0.1) is 0 Å². The van der Waals surface area contributed by atoms with E-state index >= 15 is 0 Å². The van der Waals surface area contributed by atoms with Crippen molar-refractivity contribution in [2.75, 3.05) is 16.4 Å². The van der Waals surface area contributed by atoms with E-state index in [1.807, 2.05) is 55.5 Å². The first kappa shape index (κ1) is 43.1. The van der Waals surface area contributed by atoms with Crippen molar-refractivity contribution in [2.45, 2.75) is 34.6 Å². The summed E-state index contributed by atoms with van der Waals surface area (Å²) in [5.74, 6) is -1.67. The quantitative estimate of drug-likeness (QED) is 0.0900. The van der Waals surface area contributed by atoms with Crippen LogP contribution in [-0.2, 0) is 30.0 Å². The molecule has 0 amide bonds. The third-order valence-electron chi connectivity index (χ3n) is 5.45. The van der Waals surface area contributed by atoms with E-state index in [0.717, 1.165) is 51.2 Å². The Morgan fingerprint density at radius 1 is 0.489 bits per heavy atom. The molecule has 0 bridgehead atoms. The molecule has 6 N–H and O–H groups in total. The molecule has 7 nitrogen and oxygen atoms in total. The van der Waals surface area contributed by atoms with Gasteiger partial charge >= 0.3 is 0 Å². The number of carboxylic acids is 2. The molecule has 10 heteroatoms. The molecule has 47 heavy (non-hydrogen) atoms. The summed E-state index contributed by atoms with van der Waals surface area (Å²) in [6.07, 6.45) is 0. The molecular weight excluding hydrogens is 817 g/mol. The smallest absolute Gasteiger partial charge is 0.300 e. The van der Waals surface area contributed by atoms with Gasteiger partial charge in [0.2, 0.25) is 0 Å². The number of halogens is 2. The zero-order chi connectivity index (χ0) is 34.5.